The summed E-state index contributed by atoms with van der Waals surface area (Å²) in [4.78, 5) is 17.4. The Bertz CT molecular complexity index is 962. The standard InChI is InChI=1S/C20H18F2N2OS/c1-3-12(2)23-20(25)15-11-19(24-17-7-5-4-6-14(15)17)26-18-9-8-13(21)10-16(18)22/h4-12H,3H2,1-2H3,(H,23,25)/t12-/m1/s1. The summed E-state index contributed by atoms with van der Waals surface area (Å²) in [7, 11) is 0. The van der Waals surface area contributed by atoms with E-state index >= 15 is 0 Å². The van der Waals surface area contributed by atoms with Gasteiger partial charge in [0.25, 0.3) is 5.91 Å². The van der Waals surface area contributed by atoms with Crippen LogP contribution in [-0.4, -0.2) is 16.9 Å². The number of hydrogen-bond acceptors (Lipinski definition) is 3. The molecule has 0 fully saturated rings. The first kappa shape index (κ1) is 18.3. The van der Waals surface area contributed by atoms with Crippen LogP contribution in [0.15, 0.2) is 58.5 Å². The third kappa shape index (κ3) is 4.02. The minimum absolute atomic E-state index is 0.0417. The summed E-state index contributed by atoms with van der Waals surface area (Å²) in [6.07, 6.45) is 0.817. The van der Waals surface area contributed by atoms with Crippen molar-refractivity contribution in [2.24, 2.45) is 0 Å². The first-order chi connectivity index (χ1) is 12.5. The lowest BCUT2D eigenvalue weighted by molar-refractivity contribution is 0.0940. The van der Waals surface area contributed by atoms with E-state index in [1.165, 1.54) is 12.1 Å². The number of fused-ring (bicyclic) bond motifs is 1. The highest BCUT2D eigenvalue weighted by Crippen LogP contribution is 2.31. The maximum atomic E-state index is 14.0. The van der Waals surface area contributed by atoms with Gasteiger partial charge in [0.1, 0.15) is 16.7 Å². The van der Waals surface area contributed by atoms with Gasteiger partial charge in [-0.1, -0.05) is 36.9 Å². The Hall–Kier alpha value is -2.47. The monoisotopic (exact) mass is 372 g/mol. The van der Waals surface area contributed by atoms with Gasteiger partial charge in [0, 0.05) is 22.4 Å². The Labute approximate surface area is 154 Å². The zero-order valence-corrected chi connectivity index (χ0v) is 15.2. The molecule has 1 N–H and O–H groups in total. The number of benzene rings is 2. The predicted molar refractivity (Wildman–Crippen MR) is 99.4 cm³/mol. The van der Waals surface area contributed by atoms with Crippen molar-refractivity contribution in [2.75, 3.05) is 0 Å². The molecule has 1 aromatic heterocycles. The van der Waals surface area contributed by atoms with E-state index in [1.807, 2.05) is 32.0 Å². The highest BCUT2D eigenvalue weighted by molar-refractivity contribution is 7.99. The van der Waals surface area contributed by atoms with Crippen molar-refractivity contribution in [3.05, 3.63) is 65.7 Å². The van der Waals surface area contributed by atoms with Crippen LogP contribution < -0.4 is 5.32 Å². The summed E-state index contributed by atoms with van der Waals surface area (Å²) in [6.45, 7) is 3.93. The molecule has 0 aliphatic rings. The molecule has 0 bridgehead atoms. The van der Waals surface area contributed by atoms with E-state index in [-0.39, 0.29) is 16.8 Å². The van der Waals surface area contributed by atoms with E-state index in [0.717, 1.165) is 29.6 Å². The van der Waals surface area contributed by atoms with Crippen LogP contribution in [0.2, 0.25) is 0 Å². The summed E-state index contributed by atoms with van der Waals surface area (Å²) >= 11 is 1.06. The van der Waals surface area contributed by atoms with E-state index in [2.05, 4.69) is 10.3 Å². The van der Waals surface area contributed by atoms with Gasteiger partial charge >= 0.3 is 0 Å². The Kier molecular flexibility index (Phi) is 5.52. The van der Waals surface area contributed by atoms with E-state index in [9.17, 15) is 13.6 Å². The number of halogens is 2. The third-order valence-electron chi connectivity index (χ3n) is 4.04. The van der Waals surface area contributed by atoms with Crippen LogP contribution in [0, 0.1) is 11.6 Å². The molecule has 1 atom stereocenters. The van der Waals surface area contributed by atoms with Gasteiger partial charge in [-0.15, -0.1) is 0 Å². The van der Waals surface area contributed by atoms with E-state index in [4.69, 9.17) is 0 Å². The fourth-order valence-electron chi connectivity index (χ4n) is 2.47. The average Bonchev–Trinajstić information content (AvgIpc) is 2.63. The molecule has 2 aromatic carbocycles. The zero-order chi connectivity index (χ0) is 18.7. The van der Waals surface area contributed by atoms with Gasteiger partial charge in [0.05, 0.1) is 11.1 Å². The van der Waals surface area contributed by atoms with E-state index in [0.29, 0.717) is 16.1 Å². The first-order valence-electron chi connectivity index (χ1n) is 8.31. The van der Waals surface area contributed by atoms with Crippen molar-refractivity contribution in [3.63, 3.8) is 0 Å². The van der Waals surface area contributed by atoms with Crippen molar-refractivity contribution in [3.8, 4) is 0 Å². The zero-order valence-electron chi connectivity index (χ0n) is 14.4. The minimum Gasteiger partial charge on any atom is -0.350 e. The number of nitrogens with one attached hydrogen (secondary N) is 1. The number of carbonyl (C=O) groups is 1. The lowest BCUT2D eigenvalue weighted by Crippen LogP contribution is -2.32. The molecule has 0 saturated carbocycles. The summed E-state index contributed by atoms with van der Waals surface area (Å²) in [5, 5.41) is 4.16. The summed E-state index contributed by atoms with van der Waals surface area (Å²) in [5.74, 6) is -1.48. The largest absolute Gasteiger partial charge is 0.350 e. The number of amides is 1. The highest BCUT2D eigenvalue weighted by atomic mass is 32.2. The molecule has 134 valence electrons. The van der Waals surface area contributed by atoms with Crippen LogP contribution in [-0.2, 0) is 0 Å². The molecule has 1 heterocycles. The normalized spacial score (nSPS) is 12.2. The fourth-order valence-corrected chi connectivity index (χ4v) is 3.30. The first-order valence-corrected chi connectivity index (χ1v) is 9.13. The SMILES string of the molecule is CC[C@@H](C)NC(=O)c1cc(Sc2ccc(F)cc2F)nc2ccccc12. The Balaban J connectivity index is 2.02. The number of pyridine rings is 1. The second-order valence-electron chi connectivity index (χ2n) is 5.98. The summed E-state index contributed by atoms with van der Waals surface area (Å²) < 4.78 is 27.1. The molecule has 3 aromatic rings. The van der Waals surface area contributed by atoms with Crippen molar-refractivity contribution in [1.29, 1.82) is 0 Å². The van der Waals surface area contributed by atoms with Crippen LogP contribution in [0.25, 0.3) is 10.9 Å². The Morgan fingerprint density at radius 2 is 1.96 bits per heavy atom. The van der Waals surface area contributed by atoms with Crippen LogP contribution in [0.4, 0.5) is 8.78 Å². The van der Waals surface area contributed by atoms with Gasteiger partial charge in [-0.3, -0.25) is 4.79 Å². The van der Waals surface area contributed by atoms with E-state index < -0.39 is 11.6 Å². The van der Waals surface area contributed by atoms with Crippen molar-refractivity contribution < 1.29 is 13.6 Å². The molecule has 1 amide bonds. The molecule has 0 radical (unpaired) electrons. The Morgan fingerprint density at radius 1 is 1.19 bits per heavy atom. The van der Waals surface area contributed by atoms with Gasteiger partial charge < -0.3 is 5.32 Å². The number of aromatic nitrogens is 1. The lowest BCUT2D eigenvalue weighted by atomic mass is 10.1. The number of hydrogen-bond donors (Lipinski definition) is 1. The number of carbonyl (C=O) groups excluding carboxylic acids is 1. The molecule has 3 nitrogen and oxygen atoms in total. The van der Waals surface area contributed by atoms with Crippen molar-refractivity contribution >= 4 is 28.6 Å². The molecule has 3 rings (SSSR count). The lowest BCUT2D eigenvalue weighted by Gasteiger charge is -2.14. The summed E-state index contributed by atoms with van der Waals surface area (Å²) in [5.41, 5.74) is 1.13. The average molecular weight is 372 g/mol. The van der Waals surface area contributed by atoms with Crippen LogP contribution >= 0.6 is 11.8 Å². The molecule has 0 saturated heterocycles. The minimum atomic E-state index is -0.657. The molecule has 0 spiro atoms. The summed E-state index contributed by atoms with van der Waals surface area (Å²) in [6, 6.07) is 12.4. The molecule has 6 heteroatoms. The quantitative estimate of drug-likeness (QED) is 0.670. The van der Waals surface area contributed by atoms with Crippen molar-refractivity contribution in [2.45, 2.75) is 36.2 Å². The molecular formula is C20H18F2N2OS. The molecule has 26 heavy (non-hydrogen) atoms. The molecular weight excluding hydrogens is 354 g/mol. The number of para-hydroxylation sites is 1. The fraction of sp³-hybridized carbons (Fsp3) is 0.200. The highest BCUT2D eigenvalue weighted by Gasteiger charge is 2.16. The second kappa shape index (κ2) is 7.83. The van der Waals surface area contributed by atoms with Crippen LogP contribution in [0.1, 0.15) is 30.6 Å². The van der Waals surface area contributed by atoms with Gasteiger partial charge in [0.15, 0.2) is 0 Å². The number of nitrogens with zero attached hydrogens (tertiary/aromatic N) is 1. The van der Waals surface area contributed by atoms with Crippen molar-refractivity contribution in [1.82, 2.24) is 10.3 Å². The van der Waals surface area contributed by atoms with E-state index in [1.54, 1.807) is 12.1 Å². The molecule has 0 aliphatic heterocycles. The van der Waals surface area contributed by atoms with Crippen LogP contribution in [0.5, 0.6) is 0 Å². The third-order valence-corrected chi connectivity index (χ3v) is 5.00. The van der Waals surface area contributed by atoms with Gasteiger partial charge in [0.2, 0.25) is 0 Å². The predicted octanol–water partition coefficient (Wildman–Crippen LogP) is 5.19. The Morgan fingerprint density at radius 3 is 2.69 bits per heavy atom. The maximum Gasteiger partial charge on any atom is 0.252 e. The second-order valence-corrected chi connectivity index (χ2v) is 7.05. The van der Waals surface area contributed by atoms with Crippen LogP contribution in [0.3, 0.4) is 0 Å². The van der Waals surface area contributed by atoms with Gasteiger partial charge in [-0.2, -0.15) is 0 Å². The molecule has 0 aliphatic carbocycles. The van der Waals surface area contributed by atoms with Gasteiger partial charge in [-0.25, -0.2) is 13.8 Å². The molecule has 0 unspecified atom stereocenters. The topological polar surface area (TPSA) is 42.0 Å². The van der Waals surface area contributed by atoms with Gasteiger partial charge in [-0.05, 0) is 37.6 Å². The smallest absolute Gasteiger partial charge is 0.252 e. The maximum absolute atomic E-state index is 14.0. The number of rotatable bonds is 5.